The second-order valence-electron chi connectivity index (χ2n) is 6.08. The summed E-state index contributed by atoms with van der Waals surface area (Å²) in [5.74, 6) is 1.17. The zero-order valence-electron chi connectivity index (χ0n) is 14.3. The van der Waals surface area contributed by atoms with Crippen LogP contribution in [0.1, 0.15) is 50.8 Å². The molecule has 0 bridgehead atoms. The van der Waals surface area contributed by atoms with E-state index in [9.17, 15) is 0 Å². The molecule has 0 saturated carbocycles. The minimum atomic E-state index is 0.417. The van der Waals surface area contributed by atoms with E-state index in [0.29, 0.717) is 12.5 Å². The van der Waals surface area contributed by atoms with E-state index in [2.05, 4.69) is 62.2 Å². The molecule has 120 valence electrons. The molecule has 0 amide bonds. The Morgan fingerprint density at radius 3 is 2.67 bits per heavy atom. The fraction of sp³-hybridized carbons (Fsp3) is 0.706. The van der Waals surface area contributed by atoms with Crippen molar-refractivity contribution in [1.29, 1.82) is 0 Å². The summed E-state index contributed by atoms with van der Waals surface area (Å²) in [4.78, 5) is 6.78. The van der Waals surface area contributed by atoms with E-state index in [4.69, 9.17) is 4.74 Å². The maximum Gasteiger partial charge on any atom is 0.213 e. The second-order valence-corrected chi connectivity index (χ2v) is 6.08. The number of ether oxygens (including phenoxy) is 1. The van der Waals surface area contributed by atoms with Gasteiger partial charge in [-0.3, -0.25) is 0 Å². The van der Waals surface area contributed by atoms with Gasteiger partial charge in [-0.05, 0) is 51.0 Å². The normalized spacial score (nSPS) is 11.4. The van der Waals surface area contributed by atoms with E-state index < -0.39 is 0 Å². The fourth-order valence-electron chi connectivity index (χ4n) is 2.02. The van der Waals surface area contributed by atoms with Gasteiger partial charge in [-0.1, -0.05) is 20.8 Å². The van der Waals surface area contributed by atoms with Gasteiger partial charge in [-0.2, -0.15) is 0 Å². The third kappa shape index (κ3) is 7.44. The van der Waals surface area contributed by atoms with Crippen molar-refractivity contribution in [2.24, 2.45) is 0 Å². The predicted octanol–water partition coefficient (Wildman–Crippen LogP) is 3.04. The molecule has 1 rings (SSSR count). The van der Waals surface area contributed by atoms with E-state index >= 15 is 0 Å². The zero-order valence-corrected chi connectivity index (χ0v) is 14.3. The van der Waals surface area contributed by atoms with Gasteiger partial charge < -0.3 is 15.0 Å². The van der Waals surface area contributed by atoms with Crippen molar-refractivity contribution in [3.8, 4) is 5.88 Å². The molecule has 0 aliphatic carbocycles. The molecule has 1 aromatic rings. The van der Waals surface area contributed by atoms with Gasteiger partial charge in [-0.15, -0.1) is 0 Å². The Morgan fingerprint density at radius 2 is 2.05 bits per heavy atom. The summed E-state index contributed by atoms with van der Waals surface area (Å²) in [7, 11) is 4.16. The summed E-state index contributed by atoms with van der Waals surface area (Å²) < 4.78 is 5.83. The van der Waals surface area contributed by atoms with Crippen LogP contribution in [-0.2, 0) is 6.54 Å². The van der Waals surface area contributed by atoms with Gasteiger partial charge in [0.2, 0.25) is 5.88 Å². The van der Waals surface area contributed by atoms with Crippen molar-refractivity contribution in [1.82, 2.24) is 15.2 Å². The van der Waals surface area contributed by atoms with E-state index in [-0.39, 0.29) is 0 Å². The lowest BCUT2D eigenvalue weighted by atomic mass is 10.1. The summed E-state index contributed by atoms with van der Waals surface area (Å²) >= 11 is 0. The van der Waals surface area contributed by atoms with Crippen LogP contribution in [0.3, 0.4) is 0 Å². The molecule has 0 aromatic carbocycles. The van der Waals surface area contributed by atoms with Crippen LogP contribution in [0.15, 0.2) is 12.1 Å². The number of rotatable bonds is 10. The quantitative estimate of drug-likeness (QED) is 0.673. The van der Waals surface area contributed by atoms with Crippen LogP contribution in [0.2, 0.25) is 0 Å². The second kappa shape index (κ2) is 9.74. The summed E-state index contributed by atoms with van der Waals surface area (Å²) in [5.41, 5.74) is 2.36. The van der Waals surface area contributed by atoms with Crippen LogP contribution in [0.4, 0.5) is 0 Å². The molecule has 0 unspecified atom stereocenters. The van der Waals surface area contributed by atoms with Crippen molar-refractivity contribution in [3.05, 3.63) is 23.4 Å². The SMILES string of the molecule is CCCNCc1cc(OCCCN(C)C)nc(C(C)C)c1. The van der Waals surface area contributed by atoms with Crippen LogP contribution >= 0.6 is 0 Å². The Labute approximate surface area is 129 Å². The highest BCUT2D eigenvalue weighted by molar-refractivity contribution is 5.26. The smallest absolute Gasteiger partial charge is 0.213 e. The number of nitrogens with zero attached hydrogens (tertiary/aromatic N) is 2. The summed E-state index contributed by atoms with van der Waals surface area (Å²) in [5, 5.41) is 3.44. The minimum Gasteiger partial charge on any atom is -0.478 e. The molecule has 0 saturated heterocycles. The Hall–Kier alpha value is -1.13. The van der Waals surface area contributed by atoms with Crippen LogP contribution in [0.5, 0.6) is 5.88 Å². The summed E-state index contributed by atoms with van der Waals surface area (Å²) in [6.07, 6.45) is 2.17. The minimum absolute atomic E-state index is 0.417. The van der Waals surface area contributed by atoms with Gasteiger partial charge in [0.25, 0.3) is 0 Å². The Bertz CT molecular complexity index is 405. The van der Waals surface area contributed by atoms with E-state index in [0.717, 1.165) is 44.0 Å². The van der Waals surface area contributed by atoms with Crippen molar-refractivity contribution in [2.45, 2.75) is 46.1 Å². The zero-order chi connectivity index (χ0) is 15.7. The van der Waals surface area contributed by atoms with Crippen LogP contribution < -0.4 is 10.1 Å². The van der Waals surface area contributed by atoms with Gasteiger partial charge in [-0.25, -0.2) is 4.98 Å². The molecule has 1 N–H and O–H groups in total. The molecule has 0 radical (unpaired) electrons. The van der Waals surface area contributed by atoms with E-state index in [1.165, 1.54) is 5.56 Å². The lowest BCUT2D eigenvalue weighted by molar-refractivity contribution is 0.272. The van der Waals surface area contributed by atoms with Gasteiger partial charge >= 0.3 is 0 Å². The average molecular weight is 293 g/mol. The molecule has 1 aromatic heterocycles. The first-order valence-electron chi connectivity index (χ1n) is 8.02. The third-order valence-electron chi connectivity index (χ3n) is 3.23. The van der Waals surface area contributed by atoms with Gasteiger partial charge in [0.15, 0.2) is 0 Å². The molecule has 0 aliphatic heterocycles. The molecule has 0 aliphatic rings. The molecular weight excluding hydrogens is 262 g/mol. The highest BCUT2D eigenvalue weighted by atomic mass is 16.5. The van der Waals surface area contributed by atoms with Gasteiger partial charge in [0.1, 0.15) is 0 Å². The highest BCUT2D eigenvalue weighted by Crippen LogP contribution is 2.19. The molecule has 0 atom stereocenters. The predicted molar refractivity (Wildman–Crippen MR) is 89.0 cm³/mol. The Morgan fingerprint density at radius 1 is 1.29 bits per heavy atom. The first-order chi connectivity index (χ1) is 10.0. The highest BCUT2D eigenvalue weighted by Gasteiger charge is 2.07. The number of hydrogen-bond donors (Lipinski definition) is 1. The average Bonchev–Trinajstić information content (AvgIpc) is 2.43. The fourth-order valence-corrected chi connectivity index (χ4v) is 2.02. The maximum atomic E-state index is 5.83. The molecule has 0 fully saturated rings. The van der Waals surface area contributed by atoms with Crippen LogP contribution in [0, 0.1) is 0 Å². The first kappa shape index (κ1) is 17.9. The molecule has 0 spiro atoms. The van der Waals surface area contributed by atoms with E-state index in [1.54, 1.807) is 0 Å². The molecule has 21 heavy (non-hydrogen) atoms. The lowest BCUT2D eigenvalue weighted by Crippen LogP contribution is -2.16. The van der Waals surface area contributed by atoms with Crippen molar-refractivity contribution < 1.29 is 4.74 Å². The number of nitrogens with one attached hydrogen (secondary N) is 1. The third-order valence-corrected chi connectivity index (χ3v) is 3.23. The standard InChI is InChI=1S/C17H31N3O/c1-6-8-18-13-15-11-16(14(2)3)19-17(12-15)21-10-7-9-20(4)5/h11-12,14,18H,6-10,13H2,1-5H3. The number of hydrogen-bond acceptors (Lipinski definition) is 4. The topological polar surface area (TPSA) is 37.4 Å². The van der Waals surface area contributed by atoms with Crippen molar-refractivity contribution in [3.63, 3.8) is 0 Å². The summed E-state index contributed by atoms with van der Waals surface area (Å²) in [6, 6.07) is 4.24. The number of pyridine rings is 1. The maximum absolute atomic E-state index is 5.83. The largest absolute Gasteiger partial charge is 0.478 e. The first-order valence-corrected chi connectivity index (χ1v) is 8.02. The molecule has 4 heteroatoms. The lowest BCUT2D eigenvalue weighted by Gasteiger charge is -2.13. The molecule has 4 nitrogen and oxygen atoms in total. The van der Waals surface area contributed by atoms with Crippen LogP contribution in [-0.4, -0.2) is 43.7 Å². The monoisotopic (exact) mass is 293 g/mol. The Balaban J connectivity index is 2.63. The molecule has 1 heterocycles. The van der Waals surface area contributed by atoms with Gasteiger partial charge in [0.05, 0.1) is 6.61 Å². The Kier molecular flexibility index (Phi) is 8.31. The number of aromatic nitrogens is 1. The van der Waals surface area contributed by atoms with Crippen LogP contribution in [0.25, 0.3) is 0 Å². The summed E-state index contributed by atoms with van der Waals surface area (Å²) in [6.45, 7) is 10.2. The van der Waals surface area contributed by atoms with E-state index in [1.807, 2.05) is 0 Å². The molecular formula is C17H31N3O. The van der Waals surface area contributed by atoms with Crippen molar-refractivity contribution in [2.75, 3.05) is 33.8 Å². The van der Waals surface area contributed by atoms with Crippen molar-refractivity contribution >= 4 is 0 Å². The van der Waals surface area contributed by atoms with Gasteiger partial charge in [0, 0.05) is 24.8 Å².